The predicted molar refractivity (Wildman–Crippen MR) is 99.6 cm³/mol. The number of nitrogens with zero attached hydrogens (tertiary/aromatic N) is 3. The van der Waals surface area contributed by atoms with Crippen molar-refractivity contribution in [1.29, 1.82) is 0 Å². The number of furan rings is 1. The molecule has 0 N–H and O–H groups in total. The van der Waals surface area contributed by atoms with Gasteiger partial charge in [-0.15, -0.1) is 0 Å². The van der Waals surface area contributed by atoms with Crippen molar-refractivity contribution in [3.63, 3.8) is 0 Å². The lowest BCUT2D eigenvalue weighted by Gasteiger charge is -2.34. The van der Waals surface area contributed by atoms with Gasteiger partial charge in [-0.05, 0) is 18.2 Å². The van der Waals surface area contributed by atoms with Crippen LogP contribution in [-0.2, 0) is 9.53 Å². The number of halogens is 1. The van der Waals surface area contributed by atoms with Crippen LogP contribution >= 0.6 is 11.6 Å². The Kier molecular flexibility index (Phi) is 6.13. The average molecular weight is 422 g/mol. The molecule has 29 heavy (non-hydrogen) atoms. The molecule has 2 heterocycles. The number of non-ortho nitro benzene ring substituents is 1. The van der Waals surface area contributed by atoms with Crippen LogP contribution in [-0.4, -0.2) is 65.3 Å². The van der Waals surface area contributed by atoms with Gasteiger partial charge in [-0.1, -0.05) is 11.6 Å². The molecule has 2 amide bonds. The third-order valence-corrected chi connectivity index (χ3v) is 4.67. The molecule has 0 atom stereocenters. The van der Waals surface area contributed by atoms with Gasteiger partial charge in [0.2, 0.25) is 0 Å². The lowest BCUT2D eigenvalue weighted by Crippen LogP contribution is -2.51. The van der Waals surface area contributed by atoms with E-state index in [1.165, 1.54) is 17.2 Å². The number of benzene rings is 1. The average Bonchev–Trinajstić information content (AvgIpc) is 3.26. The maximum Gasteiger partial charge on any atom is 0.340 e. The fraction of sp³-hybridized carbons (Fsp3) is 0.278. The second kappa shape index (κ2) is 8.74. The smallest absolute Gasteiger partial charge is 0.340 e. The largest absolute Gasteiger partial charge is 0.459 e. The van der Waals surface area contributed by atoms with Crippen LogP contribution in [0.2, 0.25) is 5.02 Å². The highest BCUT2D eigenvalue weighted by atomic mass is 35.5. The fourth-order valence-corrected chi connectivity index (χ4v) is 3.05. The minimum atomic E-state index is -0.857. The molecule has 1 aliphatic rings. The first-order valence-electron chi connectivity index (χ1n) is 8.58. The summed E-state index contributed by atoms with van der Waals surface area (Å²) in [6.45, 7) is 0.737. The van der Waals surface area contributed by atoms with Crippen LogP contribution in [0, 0.1) is 10.1 Å². The molecule has 11 heteroatoms. The summed E-state index contributed by atoms with van der Waals surface area (Å²) in [6.07, 6.45) is 1.42. The van der Waals surface area contributed by atoms with E-state index in [-0.39, 0.29) is 27.9 Å². The Morgan fingerprint density at radius 1 is 1.14 bits per heavy atom. The predicted octanol–water partition coefficient (Wildman–Crippen LogP) is 1.98. The molecule has 1 aromatic carbocycles. The number of hydrogen-bond donors (Lipinski definition) is 0. The molecule has 1 aliphatic heterocycles. The van der Waals surface area contributed by atoms with Crippen molar-refractivity contribution in [3.05, 3.63) is 63.1 Å². The van der Waals surface area contributed by atoms with Crippen LogP contribution in [0.25, 0.3) is 0 Å². The first-order chi connectivity index (χ1) is 13.9. The Morgan fingerprint density at radius 3 is 2.41 bits per heavy atom. The second-order valence-electron chi connectivity index (χ2n) is 6.15. The summed E-state index contributed by atoms with van der Waals surface area (Å²) < 4.78 is 10.1. The maximum atomic E-state index is 12.3. The van der Waals surface area contributed by atoms with Crippen molar-refractivity contribution in [1.82, 2.24) is 9.80 Å². The zero-order chi connectivity index (χ0) is 21.0. The minimum absolute atomic E-state index is 0.0704. The standard InChI is InChI=1S/C18H16ClN3O7/c19-14-10-12(22(26)27)3-4-13(14)18(25)29-11-16(23)20-5-7-21(8-6-20)17(24)15-2-1-9-28-15/h1-4,9-10H,5-8,11H2. The number of carbonyl (C=O) groups is 3. The van der Waals surface area contributed by atoms with Gasteiger partial charge in [-0.25, -0.2) is 4.79 Å². The lowest BCUT2D eigenvalue weighted by molar-refractivity contribution is -0.384. The van der Waals surface area contributed by atoms with Gasteiger partial charge in [0.25, 0.3) is 17.5 Å². The molecule has 0 spiro atoms. The molecule has 1 saturated heterocycles. The molecule has 1 aromatic heterocycles. The molecule has 152 valence electrons. The van der Waals surface area contributed by atoms with Crippen molar-refractivity contribution >= 4 is 35.1 Å². The number of esters is 1. The zero-order valence-corrected chi connectivity index (χ0v) is 15.8. The lowest BCUT2D eigenvalue weighted by atomic mass is 10.2. The van der Waals surface area contributed by atoms with E-state index in [1.54, 1.807) is 17.0 Å². The van der Waals surface area contributed by atoms with Crippen molar-refractivity contribution < 1.29 is 28.5 Å². The topological polar surface area (TPSA) is 123 Å². The van der Waals surface area contributed by atoms with E-state index in [0.29, 0.717) is 26.2 Å². The van der Waals surface area contributed by atoms with Crippen molar-refractivity contribution in [2.45, 2.75) is 0 Å². The highest BCUT2D eigenvalue weighted by Gasteiger charge is 2.27. The number of piperazine rings is 1. The van der Waals surface area contributed by atoms with Gasteiger partial charge in [0.15, 0.2) is 12.4 Å². The Hall–Kier alpha value is -3.40. The minimum Gasteiger partial charge on any atom is -0.459 e. The molecule has 0 bridgehead atoms. The molecule has 0 saturated carbocycles. The third kappa shape index (κ3) is 4.72. The summed E-state index contributed by atoms with van der Waals surface area (Å²) in [6, 6.07) is 6.53. The van der Waals surface area contributed by atoms with E-state index < -0.39 is 23.4 Å². The van der Waals surface area contributed by atoms with Gasteiger partial charge < -0.3 is 19.0 Å². The number of rotatable bonds is 5. The van der Waals surface area contributed by atoms with E-state index in [0.717, 1.165) is 12.1 Å². The van der Waals surface area contributed by atoms with E-state index in [4.69, 9.17) is 20.8 Å². The Labute approximate surface area is 169 Å². The first-order valence-corrected chi connectivity index (χ1v) is 8.96. The molecule has 10 nitrogen and oxygen atoms in total. The zero-order valence-electron chi connectivity index (χ0n) is 15.1. The van der Waals surface area contributed by atoms with Gasteiger partial charge >= 0.3 is 5.97 Å². The monoisotopic (exact) mass is 421 g/mol. The molecule has 0 unspecified atom stereocenters. The number of nitro benzene ring substituents is 1. The maximum absolute atomic E-state index is 12.3. The third-order valence-electron chi connectivity index (χ3n) is 4.36. The van der Waals surface area contributed by atoms with E-state index >= 15 is 0 Å². The summed E-state index contributed by atoms with van der Waals surface area (Å²) in [4.78, 5) is 49.7. The molecular formula is C18H16ClN3O7. The second-order valence-corrected chi connectivity index (χ2v) is 6.55. The van der Waals surface area contributed by atoms with E-state index in [2.05, 4.69) is 0 Å². The number of ether oxygens (including phenoxy) is 1. The quantitative estimate of drug-likeness (QED) is 0.410. The molecule has 2 aromatic rings. The van der Waals surface area contributed by atoms with E-state index in [9.17, 15) is 24.5 Å². The fourth-order valence-electron chi connectivity index (χ4n) is 2.79. The Morgan fingerprint density at radius 2 is 1.83 bits per heavy atom. The summed E-state index contributed by atoms with van der Waals surface area (Å²) in [5.41, 5.74) is -0.330. The highest BCUT2D eigenvalue weighted by Crippen LogP contribution is 2.23. The summed E-state index contributed by atoms with van der Waals surface area (Å²) in [5.74, 6) is -1.29. The van der Waals surface area contributed by atoms with Gasteiger partial charge in [-0.3, -0.25) is 19.7 Å². The van der Waals surface area contributed by atoms with Gasteiger partial charge in [0, 0.05) is 38.3 Å². The normalized spacial score (nSPS) is 13.8. The number of nitro groups is 1. The molecular weight excluding hydrogens is 406 g/mol. The molecule has 0 radical (unpaired) electrons. The number of amides is 2. The van der Waals surface area contributed by atoms with Gasteiger partial charge in [0.1, 0.15) is 0 Å². The van der Waals surface area contributed by atoms with Crippen molar-refractivity contribution in [2.75, 3.05) is 32.8 Å². The van der Waals surface area contributed by atoms with E-state index in [1.807, 2.05) is 0 Å². The van der Waals surface area contributed by atoms with Gasteiger partial charge in [-0.2, -0.15) is 0 Å². The SMILES string of the molecule is O=C(OCC(=O)N1CCN(C(=O)c2ccco2)CC1)c1ccc([N+](=O)[O-])cc1Cl. The summed E-state index contributed by atoms with van der Waals surface area (Å²) in [5, 5.41) is 10.6. The van der Waals surface area contributed by atoms with Crippen LogP contribution in [0.4, 0.5) is 5.69 Å². The molecule has 1 fully saturated rings. The summed E-state index contributed by atoms with van der Waals surface area (Å²) in [7, 11) is 0. The number of hydrogen-bond acceptors (Lipinski definition) is 7. The van der Waals surface area contributed by atoms with Gasteiger partial charge in [0.05, 0.1) is 21.8 Å². The summed E-state index contributed by atoms with van der Waals surface area (Å²) >= 11 is 5.87. The highest BCUT2D eigenvalue weighted by molar-refractivity contribution is 6.33. The van der Waals surface area contributed by atoms with Crippen LogP contribution in [0.5, 0.6) is 0 Å². The first kappa shape index (κ1) is 20.3. The van der Waals surface area contributed by atoms with Crippen LogP contribution in [0.3, 0.4) is 0 Å². The van der Waals surface area contributed by atoms with Crippen molar-refractivity contribution in [3.8, 4) is 0 Å². The van der Waals surface area contributed by atoms with Crippen LogP contribution in [0.15, 0.2) is 41.0 Å². The van der Waals surface area contributed by atoms with Crippen LogP contribution in [0.1, 0.15) is 20.9 Å². The Bertz CT molecular complexity index is 937. The molecule has 3 rings (SSSR count). The molecule has 0 aliphatic carbocycles. The van der Waals surface area contributed by atoms with Crippen molar-refractivity contribution in [2.24, 2.45) is 0 Å². The Balaban J connectivity index is 1.49. The van der Waals surface area contributed by atoms with Crippen LogP contribution < -0.4 is 0 Å². The number of carbonyl (C=O) groups excluding carboxylic acids is 3.